The molecule has 3 aromatic carbocycles. The lowest BCUT2D eigenvalue weighted by atomic mass is 9.95. The maximum absolute atomic E-state index is 14.3. The van der Waals surface area contributed by atoms with Gasteiger partial charge in [0.1, 0.15) is 12.6 Å². The molecule has 42 heavy (non-hydrogen) atoms. The molecule has 0 aromatic heterocycles. The third-order valence-corrected chi connectivity index (χ3v) is 10.0. The molecular weight excluding hydrogens is 546 g/mol. The van der Waals surface area contributed by atoms with Gasteiger partial charge in [-0.3, -0.25) is 13.9 Å². The summed E-state index contributed by atoms with van der Waals surface area (Å²) in [7, 11) is -4.10. The second-order valence-corrected chi connectivity index (χ2v) is 13.2. The van der Waals surface area contributed by atoms with Gasteiger partial charge in [-0.25, -0.2) is 8.42 Å². The minimum absolute atomic E-state index is 0.0994. The summed E-state index contributed by atoms with van der Waals surface area (Å²) >= 11 is 0. The minimum Gasteiger partial charge on any atom is -0.352 e. The van der Waals surface area contributed by atoms with Gasteiger partial charge in [-0.05, 0) is 74.9 Å². The summed E-state index contributed by atoms with van der Waals surface area (Å²) in [5.41, 5.74) is 3.95. The van der Waals surface area contributed by atoms with Crippen LogP contribution in [0.1, 0.15) is 67.7 Å². The van der Waals surface area contributed by atoms with Crippen LogP contribution in [-0.2, 0) is 26.2 Å². The van der Waals surface area contributed by atoms with Crippen LogP contribution in [0, 0.1) is 20.8 Å². The number of nitrogens with zero attached hydrogens (tertiary/aromatic N) is 2. The topological polar surface area (TPSA) is 86.8 Å². The van der Waals surface area contributed by atoms with E-state index in [2.05, 4.69) is 5.32 Å². The van der Waals surface area contributed by atoms with E-state index in [0.717, 1.165) is 47.9 Å². The number of hydrogen-bond acceptors (Lipinski definition) is 4. The first-order chi connectivity index (χ1) is 20.1. The lowest BCUT2D eigenvalue weighted by Crippen LogP contribution is -2.54. The predicted molar refractivity (Wildman–Crippen MR) is 168 cm³/mol. The molecule has 1 saturated carbocycles. The van der Waals surface area contributed by atoms with Crippen LogP contribution in [0.3, 0.4) is 0 Å². The fourth-order valence-corrected chi connectivity index (χ4v) is 7.07. The summed E-state index contributed by atoms with van der Waals surface area (Å²) in [6.07, 6.45) is 5.61. The van der Waals surface area contributed by atoms with Crippen molar-refractivity contribution in [1.29, 1.82) is 0 Å². The maximum atomic E-state index is 14.3. The van der Waals surface area contributed by atoms with E-state index < -0.39 is 28.5 Å². The van der Waals surface area contributed by atoms with Gasteiger partial charge >= 0.3 is 0 Å². The Bertz CT molecular complexity index is 1470. The Labute approximate surface area is 251 Å². The van der Waals surface area contributed by atoms with Gasteiger partial charge < -0.3 is 10.2 Å². The van der Waals surface area contributed by atoms with Gasteiger partial charge in [0.15, 0.2) is 0 Å². The van der Waals surface area contributed by atoms with Crippen LogP contribution in [0.2, 0.25) is 0 Å². The van der Waals surface area contributed by atoms with Crippen molar-refractivity contribution in [1.82, 2.24) is 10.2 Å². The van der Waals surface area contributed by atoms with Crippen molar-refractivity contribution in [3.63, 3.8) is 0 Å². The largest absolute Gasteiger partial charge is 0.352 e. The van der Waals surface area contributed by atoms with Gasteiger partial charge in [0.05, 0.1) is 10.6 Å². The molecule has 1 aliphatic rings. The van der Waals surface area contributed by atoms with E-state index in [1.54, 1.807) is 41.3 Å². The van der Waals surface area contributed by atoms with Crippen LogP contribution >= 0.6 is 0 Å². The van der Waals surface area contributed by atoms with Crippen LogP contribution in [0.15, 0.2) is 77.7 Å². The average Bonchev–Trinajstić information content (AvgIpc) is 2.98. The van der Waals surface area contributed by atoms with Gasteiger partial charge in [0.25, 0.3) is 10.0 Å². The molecule has 0 unspecified atom stereocenters. The normalized spacial score (nSPS) is 14.7. The highest BCUT2D eigenvalue weighted by molar-refractivity contribution is 7.92. The number of nitrogens with one attached hydrogen (secondary N) is 1. The number of carbonyl (C=O) groups excluding carboxylic acids is 2. The molecule has 0 aliphatic heterocycles. The van der Waals surface area contributed by atoms with Crippen molar-refractivity contribution in [2.24, 2.45) is 0 Å². The molecule has 0 saturated heterocycles. The molecular formula is C34H43N3O4S. The molecule has 8 heteroatoms. The number of sulfonamides is 1. The third kappa shape index (κ3) is 7.40. The monoisotopic (exact) mass is 589 g/mol. The highest BCUT2D eigenvalue weighted by Crippen LogP contribution is 2.29. The van der Waals surface area contributed by atoms with Gasteiger partial charge in [-0.2, -0.15) is 0 Å². The van der Waals surface area contributed by atoms with E-state index in [9.17, 15) is 18.0 Å². The summed E-state index contributed by atoms with van der Waals surface area (Å²) in [4.78, 5) is 29.6. The van der Waals surface area contributed by atoms with E-state index in [4.69, 9.17) is 0 Å². The minimum atomic E-state index is -4.10. The predicted octanol–water partition coefficient (Wildman–Crippen LogP) is 6.06. The van der Waals surface area contributed by atoms with Gasteiger partial charge in [-0.15, -0.1) is 0 Å². The van der Waals surface area contributed by atoms with Crippen molar-refractivity contribution < 1.29 is 18.0 Å². The van der Waals surface area contributed by atoms with E-state index in [1.807, 2.05) is 64.1 Å². The van der Waals surface area contributed by atoms with Crippen LogP contribution < -0.4 is 9.62 Å². The molecule has 1 aliphatic carbocycles. The highest BCUT2D eigenvalue weighted by Gasteiger charge is 2.35. The lowest BCUT2D eigenvalue weighted by Gasteiger charge is -2.35. The second-order valence-electron chi connectivity index (χ2n) is 11.3. The third-order valence-electron chi connectivity index (χ3n) is 8.27. The Morgan fingerprint density at radius 2 is 1.55 bits per heavy atom. The van der Waals surface area contributed by atoms with E-state index in [0.29, 0.717) is 12.1 Å². The molecule has 224 valence electrons. The summed E-state index contributed by atoms with van der Waals surface area (Å²) in [6, 6.07) is 21.0. The number of aryl methyl sites for hydroxylation is 2. The van der Waals surface area contributed by atoms with Crippen LogP contribution in [-0.4, -0.2) is 43.8 Å². The fourth-order valence-electron chi connectivity index (χ4n) is 5.60. The summed E-state index contributed by atoms with van der Waals surface area (Å²) < 4.78 is 29.5. The number of anilines is 1. The molecule has 1 fully saturated rings. The first-order valence-corrected chi connectivity index (χ1v) is 16.3. The van der Waals surface area contributed by atoms with Gasteiger partial charge in [-0.1, -0.05) is 86.3 Å². The number of carbonyl (C=O) groups is 2. The Hall–Kier alpha value is -3.65. The summed E-state index contributed by atoms with van der Waals surface area (Å²) in [5.74, 6) is -0.616. The van der Waals surface area contributed by atoms with E-state index in [-0.39, 0.29) is 23.4 Å². The molecule has 0 heterocycles. The van der Waals surface area contributed by atoms with Crippen molar-refractivity contribution in [3.05, 3.63) is 95.1 Å². The Kier molecular flexibility index (Phi) is 10.4. The van der Waals surface area contributed by atoms with Crippen LogP contribution in [0.25, 0.3) is 0 Å². The van der Waals surface area contributed by atoms with Gasteiger partial charge in [0, 0.05) is 12.6 Å². The molecule has 4 rings (SSSR count). The van der Waals surface area contributed by atoms with Crippen molar-refractivity contribution >= 4 is 27.5 Å². The second kappa shape index (κ2) is 14.0. The highest BCUT2D eigenvalue weighted by atomic mass is 32.2. The zero-order chi connectivity index (χ0) is 30.3. The van der Waals surface area contributed by atoms with Crippen molar-refractivity contribution in [2.45, 2.75) is 89.7 Å². The van der Waals surface area contributed by atoms with E-state index in [1.165, 1.54) is 10.7 Å². The summed E-state index contributed by atoms with van der Waals surface area (Å²) in [5, 5.41) is 3.19. The molecule has 1 atom stereocenters. The molecule has 0 bridgehead atoms. The SMILES string of the molecule is CC[C@@H](C(=O)NC1CCCCC1)N(Cc1ccccc1)C(=O)CN(c1cccc(C)c1C)S(=O)(=O)c1ccc(C)cc1. The first kappa shape index (κ1) is 31.3. The maximum Gasteiger partial charge on any atom is 0.264 e. The number of hydrogen-bond donors (Lipinski definition) is 1. The Morgan fingerprint density at radius 3 is 2.19 bits per heavy atom. The standard InChI is InChI=1S/C34H43N3O4S/c1-5-31(34(39)35-29-16-10-7-11-17-29)36(23-28-14-8-6-9-15-28)33(38)24-37(32-18-12-13-26(3)27(32)4)42(40,41)30-21-19-25(2)20-22-30/h6,8-9,12-15,18-22,29,31H,5,7,10-11,16-17,23-24H2,1-4H3,(H,35,39)/t31-/m0/s1. The van der Waals surface area contributed by atoms with Crippen LogP contribution in [0.5, 0.6) is 0 Å². The molecule has 0 spiro atoms. The molecule has 0 radical (unpaired) electrons. The summed E-state index contributed by atoms with van der Waals surface area (Å²) in [6.45, 7) is 7.33. The first-order valence-electron chi connectivity index (χ1n) is 14.9. The number of rotatable bonds is 11. The number of benzene rings is 3. The van der Waals surface area contributed by atoms with Crippen LogP contribution in [0.4, 0.5) is 5.69 Å². The molecule has 2 amide bonds. The zero-order valence-electron chi connectivity index (χ0n) is 25.2. The molecule has 7 nitrogen and oxygen atoms in total. The fraction of sp³-hybridized carbons (Fsp3) is 0.412. The lowest BCUT2D eigenvalue weighted by molar-refractivity contribution is -0.140. The van der Waals surface area contributed by atoms with Gasteiger partial charge in [0.2, 0.25) is 11.8 Å². The van der Waals surface area contributed by atoms with Crippen molar-refractivity contribution in [3.8, 4) is 0 Å². The Morgan fingerprint density at radius 1 is 0.881 bits per heavy atom. The average molecular weight is 590 g/mol. The Balaban J connectivity index is 1.72. The molecule has 3 aromatic rings. The molecule has 1 N–H and O–H groups in total. The van der Waals surface area contributed by atoms with E-state index >= 15 is 0 Å². The zero-order valence-corrected chi connectivity index (χ0v) is 26.0. The smallest absolute Gasteiger partial charge is 0.264 e. The quantitative estimate of drug-likeness (QED) is 0.294. The van der Waals surface area contributed by atoms with Crippen molar-refractivity contribution in [2.75, 3.05) is 10.8 Å². The number of amides is 2.